The summed E-state index contributed by atoms with van der Waals surface area (Å²) in [6.45, 7) is 6.17. The summed E-state index contributed by atoms with van der Waals surface area (Å²) in [6, 6.07) is 13.1. The van der Waals surface area contributed by atoms with Crippen molar-refractivity contribution in [1.82, 2.24) is 25.1 Å². The zero-order valence-electron chi connectivity index (χ0n) is 18.0. The van der Waals surface area contributed by atoms with Gasteiger partial charge in [0.2, 0.25) is 11.8 Å². The number of nitrogens with one attached hydrogen (secondary N) is 2. The lowest BCUT2D eigenvalue weighted by molar-refractivity contribution is -0.124. The molecular weight excluding hydrogens is 442 g/mol. The van der Waals surface area contributed by atoms with Gasteiger partial charge in [-0.2, -0.15) is 5.10 Å². The predicted molar refractivity (Wildman–Crippen MR) is 128 cm³/mol. The quantitative estimate of drug-likeness (QED) is 0.359. The van der Waals surface area contributed by atoms with E-state index in [2.05, 4.69) is 20.5 Å². The molecule has 32 heavy (non-hydrogen) atoms. The Labute approximate surface area is 195 Å². The molecule has 2 N–H and O–H groups in total. The van der Waals surface area contributed by atoms with Gasteiger partial charge in [0.15, 0.2) is 10.6 Å². The lowest BCUT2D eigenvalue weighted by atomic mass is 10.1. The van der Waals surface area contributed by atoms with Gasteiger partial charge in [-0.1, -0.05) is 24.3 Å². The van der Waals surface area contributed by atoms with E-state index in [1.165, 1.54) is 0 Å². The molecule has 0 aliphatic heterocycles. The van der Waals surface area contributed by atoms with Crippen LogP contribution in [0.1, 0.15) is 29.7 Å². The van der Waals surface area contributed by atoms with E-state index in [1.54, 1.807) is 35.1 Å². The maximum absolute atomic E-state index is 12.8. The highest BCUT2D eigenvalue weighted by Crippen LogP contribution is 2.26. The predicted octanol–water partition coefficient (Wildman–Crippen LogP) is 5.35. The molecule has 0 aliphatic carbocycles. The van der Waals surface area contributed by atoms with E-state index in [0.717, 1.165) is 27.3 Å². The van der Waals surface area contributed by atoms with Gasteiger partial charge in [-0.15, -0.1) is 11.3 Å². The number of thiophene rings is 1. The Kier molecular flexibility index (Phi) is 6.48. The molecule has 9 heteroatoms. The van der Waals surface area contributed by atoms with E-state index < -0.39 is 6.04 Å². The van der Waals surface area contributed by atoms with Crippen LogP contribution in [0.25, 0.3) is 10.7 Å². The lowest BCUT2D eigenvalue weighted by Crippen LogP contribution is -2.31. The van der Waals surface area contributed by atoms with Gasteiger partial charge in [0.1, 0.15) is 11.8 Å². The molecule has 1 amide bonds. The summed E-state index contributed by atoms with van der Waals surface area (Å²) >= 11 is 6.90. The van der Waals surface area contributed by atoms with Crippen LogP contribution in [0, 0.1) is 18.6 Å². The van der Waals surface area contributed by atoms with Gasteiger partial charge in [0.25, 0.3) is 0 Å². The van der Waals surface area contributed by atoms with Crippen LogP contribution in [0.2, 0.25) is 0 Å². The number of nitrogens with zero attached hydrogens (tertiary/aromatic N) is 3. The van der Waals surface area contributed by atoms with Crippen LogP contribution in [0.5, 0.6) is 11.6 Å². The van der Waals surface area contributed by atoms with Gasteiger partial charge in [-0.05, 0) is 67.2 Å². The van der Waals surface area contributed by atoms with E-state index in [9.17, 15) is 4.79 Å². The van der Waals surface area contributed by atoms with Crippen LogP contribution in [0.3, 0.4) is 0 Å². The number of H-pyrrole nitrogens is 1. The molecule has 0 radical (unpaired) electrons. The fourth-order valence-corrected chi connectivity index (χ4v) is 4.20. The van der Waals surface area contributed by atoms with E-state index >= 15 is 0 Å². The standard InChI is InChI=1S/C23H23N5O2S2/c1-14-6-7-15(2)18(11-14)30-20-9-8-17(12-24-20)13-25-22(29)16(3)28-21(26-27-23(28)31)19-5-4-10-32-19/h4-12,16H,13H2,1-3H3,(H,25,29)(H,27,31). The number of amides is 1. The highest BCUT2D eigenvalue weighted by atomic mass is 32.1. The monoisotopic (exact) mass is 465 g/mol. The number of ether oxygens (including phenoxy) is 1. The second kappa shape index (κ2) is 9.46. The van der Waals surface area contributed by atoms with Crippen molar-refractivity contribution in [2.24, 2.45) is 0 Å². The highest BCUT2D eigenvalue weighted by Gasteiger charge is 2.21. The molecule has 4 rings (SSSR count). The smallest absolute Gasteiger partial charge is 0.243 e. The molecule has 3 aromatic heterocycles. The van der Waals surface area contributed by atoms with Gasteiger partial charge >= 0.3 is 0 Å². The van der Waals surface area contributed by atoms with Gasteiger partial charge < -0.3 is 10.1 Å². The Morgan fingerprint density at radius 2 is 2.12 bits per heavy atom. The van der Waals surface area contributed by atoms with E-state index in [4.69, 9.17) is 17.0 Å². The van der Waals surface area contributed by atoms with Crippen LogP contribution in [0.4, 0.5) is 0 Å². The number of benzene rings is 1. The van der Waals surface area contributed by atoms with Crippen LogP contribution < -0.4 is 10.1 Å². The Balaban J connectivity index is 1.40. The van der Waals surface area contributed by atoms with Gasteiger partial charge in [0, 0.05) is 18.8 Å². The maximum Gasteiger partial charge on any atom is 0.243 e. The molecule has 0 spiro atoms. The minimum absolute atomic E-state index is 0.156. The van der Waals surface area contributed by atoms with Crippen molar-refractivity contribution >= 4 is 29.5 Å². The summed E-state index contributed by atoms with van der Waals surface area (Å²) in [6.07, 6.45) is 1.70. The summed E-state index contributed by atoms with van der Waals surface area (Å²) in [5, 5.41) is 12.0. The normalized spacial score (nSPS) is 11.8. The first-order valence-corrected chi connectivity index (χ1v) is 11.4. The first-order chi connectivity index (χ1) is 15.4. The van der Waals surface area contributed by atoms with Gasteiger partial charge in [0.05, 0.1) is 4.88 Å². The van der Waals surface area contributed by atoms with Crippen molar-refractivity contribution in [3.8, 4) is 22.3 Å². The number of hydrogen-bond donors (Lipinski definition) is 2. The number of carbonyl (C=O) groups is 1. The first-order valence-electron chi connectivity index (χ1n) is 10.1. The molecule has 3 heterocycles. The Bertz CT molecular complexity index is 1280. The van der Waals surface area contributed by atoms with Gasteiger partial charge in [-0.25, -0.2) is 4.98 Å². The maximum atomic E-state index is 12.8. The molecule has 164 valence electrons. The molecular formula is C23H23N5O2S2. The SMILES string of the molecule is Cc1ccc(C)c(Oc2ccc(CNC(=O)C(C)n3c(-c4cccs4)n[nH]c3=S)cn2)c1. The van der Waals surface area contributed by atoms with E-state index in [0.29, 0.717) is 23.0 Å². The third-order valence-electron chi connectivity index (χ3n) is 5.04. The Morgan fingerprint density at radius 3 is 2.84 bits per heavy atom. The number of aromatic nitrogens is 4. The molecule has 0 saturated heterocycles. The van der Waals surface area contributed by atoms with Crippen molar-refractivity contribution in [1.29, 1.82) is 0 Å². The van der Waals surface area contributed by atoms with E-state index in [-0.39, 0.29) is 5.91 Å². The Hall–Kier alpha value is -3.30. The minimum Gasteiger partial charge on any atom is -0.439 e. The largest absolute Gasteiger partial charge is 0.439 e. The van der Waals surface area contributed by atoms with Crippen LogP contribution >= 0.6 is 23.6 Å². The van der Waals surface area contributed by atoms with Gasteiger partial charge in [-0.3, -0.25) is 14.5 Å². The molecule has 0 saturated carbocycles. The number of rotatable bonds is 7. The highest BCUT2D eigenvalue weighted by molar-refractivity contribution is 7.71. The molecule has 0 aliphatic rings. The van der Waals surface area contributed by atoms with Crippen molar-refractivity contribution < 1.29 is 9.53 Å². The molecule has 1 unspecified atom stereocenters. The number of aromatic amines is 1. The molecule has 1 atom stereocenters. The average Bonchev–Trinajstić information content (AvgIpc) is 3.44. The fraction of sp³-hybridized carbons (Fsp3) is 0.217. The second-order valence-corrected chi connectivity index (χ2v) is 8.80. The van der Waals surface area contributed by atoms with Crippen LogP contribution in [0.15, 0.2) is 54.0 Å². The summed E-state index contributed by atoms with van der Waals surface area (Å²) < 4.78 is 8.04. The summed E-state index contributed by atoms with van der Waals surface area (Å²) in [5.41, 5.74) is 3.04. The fourth-order valence-electron chi connectivity index (χ4n) is 3.20. The number of carbonyl (C=O) groups excluding carboxylic acids is 1. The summed E-state index contributed by atoms with van der Waals surface area (Å²) in [4.78, 5) is 18.1. The third kappa shape index (κ3) is 4.79. The molecule has 4 aromatic rings. The Morgan fingerprint density at radius 1 is 1.28 bits per heavy atom. The third-order valence-corrected chi connectivity index (χ3v) is 6.19. The molecule has 1 aromatic carbocycles. The minimum atomic E-state index is -0.516. The van der Waals surface area contributed by atoms with E-state index in [1.807, 2.05) is 55.6 Å². The topological polar surface area (TPSA) is 84.8 Å². The summed E-state index contributed by atoms with van der Waals surface area (Å²) in [5.74, 6) is 1.79. The average molecular weight is 466 g/mol. The van der Waals surface area contributed by atoms with Crippen LogP contribution in [-0.4, -0.2) is 25.7 Å². The zero-order chi connectivity index (χ0) is 22.7. The van der Waals surface area contributed by atoms with Crippen molar-refractivity contribution in [3.05, 3.63) is 75.5 Å². The zero-order valence-corrected chi connectivity index (χ0v) is 19.6. The molecule has 0 fully saturated rings. The number of aryl methyl sites for hydroxylation is 2. The number of pyridine rings is 1. The first kappa shape index (κ1) is 21.9. The van der Waals surface area contributed by atoms with Crippen molar-refractivity contribution in [2.45, 2.75) is 33.4 Å². The van der Waals surface area contributed by atoms with Crippen molar-refractivity contribution in [2.75, 3.05) is 0 Å². The van der Waals surface area contributed by atoms with Crippen molar-refractivity contribution in [3.63, 3.8) is 0 Å². The second-order valence-electron chi connectivity index (χ2n) is 7.47. The molecule has 7 nitrogen and oxygen atoms in total. The van der Waals surface area contributed by atoms with Crippen LogP contribution in [-0.2, 0) is 11.3 Å². The molecule has 0 bridgehead atoms. The summed E-state index contributed by atoms with van der Waals surface area (Å²) in [7, 11) is 0. The number of hydrogen-bond acceptors (Lipinski definition) is 6. The lowest BCUT2D eigenvalue weighted by Gasteiger charge is -2.15.